The molecule has 0 amide bonds. The normalized spacial score (nSPS) is 11.9. The fourth-order valence-electron chi connectivity index (χ4n) is 8.22. The summed E-state index contributed by atoms with van der Waals surface area (Å²) in [7, 11) is 0. The second kappa shape index (κ2) is 48.4. The van der Waals surface area contributed by atoms with E-state index >= 15 is 0 Å². The monoisotopic (exact) mass is 849 g/mol. The number of ether oxygens (including phenoxy) is 3. The standard InChI is InChI=1S/C54H104O6/c1-5-7-9-11-13-15-16-17-19-24-27-31-35-39-43-47-54(57)60-51(48-58-52(55)45-41-37-33-28-14-12-10-8-6-2)49-59-53(56)46-42-38-34-30-26-23-21-18-20-22-25-29-32-36-40-44-50(3)4/h50-51H,5-49H2,1-4H3/t51-/m1/s1. The van der Waals surface area contributed by atoms with Crippen molar-refractivity contribution in [2.75, 3.05) is 13.2 Å². The van der Waals surface area contributed by atoms with Crippen molar-refractivity contribution in [1.82, 2.24) is 0 Å². The van der Waals surface area contributed by atoms with E-state index in [1.165, 1.54) is 199 Å². The Kier molecular flexibility index (Phi) is 47.2. The van der Waals surface area contributed by atoms with E-state index in [4.69, 9.17) is 14.2 Å². The van der Waals surface area contributed by atoms with E-state index < -0.39 is 6.10 Å². The third-order valence-electron chi connectivity index (χ3n) is 12.3. The Morgan fingerprint density at radius 1 is 0.317 bits per heavy atom. The summed E-state index contributed by atoms with van der Waals surface area (Å²) in [6.45, 7) is 9.03. The summed E-state index contributed by atoms with van der Waals surface area (Å²) < 4.78 is 16.8. The van der Waals surface area contributed by atoms with Gasteiger partial charge in [0.15, 0.2) is 6.10 Å². The molecule has 1 atom stereocenters. The smallest absolute Gasteiger partial charge is 0.306 e. The molecule has 0 bridgehead atoms. The molecule has 0 aromatic heterocycles. The lowest BCUT2D eigenvalue weighted by molar-refractivity contribution is -0.167. The maximum absolute atomic E-state index is 12.8. The highest BCUT2D eigenvalue weighted by Gasteiger charge is 2.19. The number of carbonyl (C=O) groups is 3. The van der Waals surface area contributed by atoms with Crippen molar-refractivity contribution in [3.8, 4) is 0 Å². The second-order valence-corrected chi connectivity index (χ2v) is 19.0. The van der Waals surface area contributed by atoms with Crippen molar-refractivity contribution < 1.29 is 28.6 Å². The highest BCUT2D eigenvalue weighted by Crippen LogP contribution is 2.17. The van der Waals surface area contributed by atoms with Gasteiger partial charge in [-0.3, -0.25) is 14.4 Å². The molecule has 0 aromatic rings. The zero-order valence-corrected chi connectivity index (χ0v) is 40.9. The average Bonchev–Trinajstić information content (AvgIpc) is 3.23. The van der Waals surface area contributed by atoms with Crippen molar-refractivity contribution in [3.05, 3.63) is 0 Å². The Labute approximate surface area is 374 Å². The lowest BCUT2D eigenvalue weighted by Gasteiger charge is -2.18. The molecule has 6 heteroatoms. The van der Waals surface area contributed by atoms with Crippen LogP contribution in [-0.4, -0.2) is 37.2 Å². The maximum Gasteiger partial charge on any atom is 0.306 e. The SMILES string of the molecule is CCCCCCCCCCCCCCCCCC(=O)O[C@H](COC(=O)CCCCCCCCCCC)COC(=O)CCCCCCCCCCCCCCCCCC(C)C. The van der Waals surface area contributed by atoms with Gasteiger partial charge in [0.1, 0.15) is 13.2 Å². The first-order valence-electron chi connectivity index (χ1n) is 26.9. The van der Waals surface area contributed by atoms with Crippen LogP contribution in [0.3, 0.4) is 0 Å². The summed E-state index contributed by atoms with van der Waals surface area (Å²) in [6, 6.07) is 0. The number of esters is 3. The second-order valence-electron chi connectivity index (χ2n) is 19.0. The number of carbonyl (C=O) groups excluding carboxylic acids is 3. The van der Waals surface area contributed by atoms with Crippen molar-refractivity contribution in [2.45, 2.75) is 310 Å². The van der Waals surface area contributed by atoms with Crippen LogP contribution < -0.4 is 0 Å². The van der Waals surface area contributed by atoms with Gasteiger partial charge in [0.2, 0.25) is 0 Å². The van der Waals surface area contributed by atoms with E-state index in [1.807, 2.05) is 0 Å². The van der Waals surface area contributed by atoms with Crippen LogP contribution in [0.1, 0.15) is 304 Å². The molecule has 356 valence electrons. The zero-order chi connectivity index (χ0) is 43.8. The molecular weight excluding hydrogens is 745 g/mol. The minimum atomic E-state index is -0.760. The number of rotatable bonds is 49. The van der Waals surface area contributed by atoms with Gasteiger partial charge in [-0.1, -0.05) is 265 Å². The van der Waals surface area contributed by atoms with Crippen LogP contribution in [0.15, 0.2) is 0 Å². The molecule has 0 heterocycles. The Morgan fingerprint density at radius 3 is 0.817 bits per heavy atom. The van der Waals surface area contributed by atoms with Crippen molar-refractivity contribution in [3.63, 3.8) is 0 Å². The fourth-order valence-corrected chi connectivity index (χ4v) is 8.22. The molecule has 60 heavy (non-hydrogen) atoms. The van der Waals surface area contributed by atoms with Gasteiger partial charge in [-0.25, -0.2) is 0 Å². The van der Waals surface area contributed by atoms with Gasteiger partial charge in [0.05, 0.1) is 0 Å². The molecule has 0 aromatic carbocycles. The first-order chi connectivity index (χ1) is 29.4. The summed E-state index contributed by atoms with van der Waals surface area (Å²) >= 11 is 0. The number of unbranched alkanes of at least 4 members (excludes halogenated alkanes) is 36. The van der Waals surface area contributed by atoms with E-state index in [0.29, 0.717) is 19.3 Å². The molecule has 0 spiro atoms. The van der Waals surface area contributed by atoms with Crippen molar-refractivity contribution in [1.29, 1.82) is 0 Å². The van der Waals surface area contributed by atoms with Crippen molar-refractivity contribution >= 4 is 17.9 Å². The van der Waals surface area contributed by atoms with Crippen LogP contribution in [-0.2, 0) is 28.6 Å². The highest BCUT2D eigenvalue weighted by molar-refractivity contribution is 5.71. The third-order valence-corrected chi connectivity index (χ3v) is 12.3. The Morgan fingerprint density at radius 2 is 0.550 bits per heavy atom. The van der Waals surface area contributed by atoms with Crippen LogP contribution in [0, 0.1) is 5.92 Å². The van der Waals surface area contributed by atoms with Gasteiger partial charge in [0, 0.05) is 19.3 Å². The number of hydrogen-bond acceptors (Lipinski definition) is 6. The fraction of sp³-hybridized carbons (Fsp3) is 0.944. The maximum atomic E-state index is 12.8. The van der Waals surface area contributed by atoms with E-state index in [0.717, 1.165) is 63.7 Å². The largest absolute Gasteiger partial charge is 0.462 e. The molecule has 0 unspecified atom stereocenters. The van der Waals surface area contributed by atoms with Crippen LogP contribution in [0.5, 0.6) is 0 Å². The van der Waals surface area contributed by atoms with Gasteiger partial charge in [-0.15, -0.1) is 0 Å². The first-order valence-corrected chi connectivity index (χ1v) is 26.9. The van der Waals surface area contributed by atoms with Gasteiger partial charge in [0.25, 0.3) is 0 Å². The molecule has 0 radical (unpaired) electrons. The summed E-state index contributed by atoms with van der Waals surface area (Å²) in [4.78, 5) is 37.9. The molecule has 0 aliphatic heterocycles. The average molecular weight is 849 g/mol. The van der Waals surface area contributed by atoms with Crippen LogP contribution in [0.25, 0.3) is 0 Å². The van der Waals surface area contributed by atoms with Crippen LogP contribution in [0.4, 0.5) is 0 Å². The molecule has 0 saturated heterocycles. The van der Waals surface area contributed by atoms with Gasteiger partial charge in [-0.2, -0.15) is 0 Å². The summed E-state index contributed by atoms with van der Waals surface area (Å²) in [6.07, 6.45) is 50.9. The van der Waals surface area contributed by atoms with E-state index in [1.54, 1.807) is 0 Å². The molecule has 0 N–H and O–H groups in total. The van der Waals surface area contributed by atoms with Gasteiger partial charge >= 0.3 is 17.9 Å². The molecule has 0 rings (SSSR count). The Bertz CT molecular complexity index is 903. The predicted molar refractivity (Wildman–Crippen MR) is 257 cm³/mol. The van der Waals surface area contributed by atoms with E-state index in [-0.39, 0.29) is 31.1 Å². The minimum Gasteiger partial charge on any atom is -0.462 e. The molecule has 6 nitrogen and oxygen atoms in total. The van der Waals surface area contributed by atoms with Gasteiger partial charge < -0.3 is 14.2 Å². The molecular formula is C54H104O6. The molecule has 0 aliphatic rings. The lowest BCUT2D eigenvalue weighted by Crippen LogP contribution is -2.30. The minimum absolute atomic E-state index is 0.0625. The summed E-state index contributed by atoms with van der Waals surface area (Å²) in [5.74, 6) is 0.00555. The molecule has 0 saturated carbocycles. The third kappa shape index (κ3) is 47.5. The quantitative estimate of drug-likeness (QED) is 0.0345. The van der Waals surface area contributed by atoms with Crippen LogP contribution >= 0.6 is 0 Å². The topological polar surface area (TPSA) is 78.9 Å². The highest BCUT2D eigenvalue weighted by atomic mass is 16.6. The summed E-state index contributed by atoms with van der Waals surface area (Å²) in [5, 5.41) is 0. The Hall–Kier alpha value is -1.59. The van der Waals surface area contributed by atoms with Gasteiger partial charge in [-0.05, 0) is 25.2 Å². The first kappa shape index (κ1) is 58.4. The molecule has 0 aliphatic carbocycles. The molecule has 0 fully saturated rings. The van der Waals surface area contributed by atoms with Crippen molar-refractivity contribution in [2.24, 2.45) is 5.92 Å². The lowest BCUT2D eigenvalue weighted by atomic mass is 10.0. The summed E-state index contributed by atoms with van der Waals surface area (Å²) in [5.41, 5.74) is 0. The van der Waals surface area contributed by atoms with Crippen LogP contribution in [0.2, 0.25) is 0 Å². The number of hydrogen-bond donors (Lipinski definition) is 0. The zero-order valence-electron chi connectivity index (χ0n) is 40.9. The Balaban J connectivity index is 4.23. The van der Waals surface area contributed by atoms with E-state index in [9.17, 15) is 14.4 Å². The van der Waals surface area contributed by atoms with E-state index in [2.05, 4.69) is 27.7 Å². The predicted octanol–water partition coefficient (Wildman–Crippen LogP) is 17.5.